The lowest BCUT2D eigenvalue weighted by atomic mass is 9.73. The van der Waals surface area contributed by atoms with E-state index in [4.69, 9.17) is 4.74 Å². The van der Waals surface area contributed by atoms with E-state index in [-0.39, 0.29) is 16.4 Å². The maximum atomic E-state index is 12.1. The molecule has 3 fully saturated rings. The molecule has 8 rings (SSSR count). The normalized spacial score (nSPS) is 21.2. The van der Waals surface area contributed by atoms with Crippen molar-refractivity contribution in [3.8, 4) is 11.5 Å². The number of nitrogens with zero attached hydrogens (tertiary/aromatic N) is 5. The summed E-state index contributed by atoms with van der Waals surface area (Å²) in [4.78, 5) is 28.2. The standard InChI is InChI=1S/C38H46N6O5S2/c1-37(2)8-6-28(32(17-37)34-14-26(21-50-34)19-42-22-38(23-42)24-44(25-38)51(3,47)48)20-41-10-12-43(13-11-41)29-4-5-31(36(45)46)33(16-29)49-30-15-27-7-9-39-35(27)40-18-30/h4-5,7,9,14-16,18,21H,6,8,10-13,17,19-20,22-25H2,1-3H3,(H,39,40)(H,45,46). The maximum Gasteiger partial charge on any atom is 0.339 e. The molecular weight excluding hydrogens is 685 g/mol. The van der Waals surface area contributed by atoms with E-state index in [9.17, 15) is 18.3 Å². The second-order valence-corrected chi connectivity index (χ2v) is 18.7. The van der Waals surface area contributed by atoms with Crippen LogP contribution in [0, 0.1) is 10.8 Å². The number of allylic oxidation sites excluding steroid dienone is 1. The highest BCUT2D eigenvalue weighted by molar-refractivity contribution is 7.88. The van der Waals surface area contributed by atoms with Crippen LogP contribution in [0.1, 0.15) is 53.9 Å². The number of piperazine rings is 1. The summed E-state index contributed by atoms with van der Waals surface area (Å²) in [5, 5.41) is 13.1. The predicted octanol–water partition coefficient (Wildman–Crippen LogP) is 5.98. The molecule has 2 N–H and O–H groups in total. The van der Waals surface area contributed by atoms with Crippen molar-refractivity contribution >= 4 is 49.6 Å². The number of pyridine rings is 1. The van der Waals surface area contributed by atoms with E-state index in [0.717, 1.165) is 81.9 Å². The highest BCUT2D eigenvalue weighted by Gasteiger charge is 2.54. The van der Waals surface area contributed by atoms with Crippen LogP contribution < -0.4 is 9.64 Å². The minimum atomic E-state index is -3.08. The third-order valence-corrected chi connectivity index (χ3v) is 13.3. The zero-order valence-electron chi connectivity index (χ0n) is 29.5. The van der Waals surface area contributed by atoms with Gasteiger partial charge >= 0.3 is 5.97 Å². The molecule has 0 unspecified atom stereocenters. The number of rotatable bonds is 10. The van der Waals surface area contributed by atoms with Crippen LogP contribution in [-0.4, -0.2) is 109 Å². The molecule has 1 aliphatic carbocycles. The second-order valence-electron chi connectivity index (χ2n) is 15.9. The van der Waals surface area contributed by atoms with Gasteiger partial charge in [-0.05, 0) is 71.5 Å². The molecular formula is C38H46N6O5S2. The number of likely N-dealkylation sites (tertiary alicyclic amines) is 1. The molecule has 0 amide bonds. The van der Waals surface area contributed by atoms with Crippen molar-refractivity contribution in [3.63, 3.8) is 0 Å². The monoisotopic (exact) mass is 730 g/mol. The molecule has 0 radical (unpaired) electrons. The van der Waals surface area contributed by atoms with Crippen LogP contribution in [-0.2, 0) is 16.6 Å². The van der Waals surface area contributed by atoms with Crippen molar-refractivity contribution in [3.05, 3.63) is 75.7 Å². The number of carboxylic acids is 1. The van der Waals surface area contributed by atoms with E-state index in [1.807, 2.05) is 41.8 Å². The summed E-state index contributed by atoms with van der Waals surface area (Å²) in [6.45, 7) is 13.5. The average Bonchev–Trinajstić information content (AvgIpc) is 3.71. The van der Waals surface area contributed by atoms with Crippen molar-refractivity contribution in [2.45, 2.75) is 39.7 Å². The van der Waals surface area contributed by atoms with E-state index in [0.29, 0.717) is 24.6 Å². The number of sulfonamides is 1. The summed E-state index contributed by atoms with van der Waals surface area (Å²) in [7, 11) is -3.08. The highest BCUT2D eigenvalue weighted by atomic mass is 32.2. The van der Waals surface area contributed by atoms with E-state index in [1.54, 1.807) is 22.1 Å². The van der Waals surface area contributed by atoms with Crippen LogP contribution >= 0.6 is 11.3 Å². The van der Waals surface area contributed by atoms with Crippen molar-refractivity contribution in [1.29, 1.82) is 0 Å². The SMILES string of the molecule is CC1(C)CCC(CN2CCN(c3ccc(C(=O)O)c(Oc4cnc5[nH]ccc5c4)c3)CC2)=C(c2cc(CN3CC4(C3)CN(S(C)(=O)=O)C4)cs2)C1. The molecule has 0 saturated carbocycles. The summed E-state index contributed by atoms with van der Waals surface area (Å²) in [6.07, 6.45) is 8.11. The number of nitrogens with one attached hydrogen (secondary N) is 1. The van der Waals surface area contributed by atoms with Gasteiger partial charge in [0.15, 0.2) is 0 Å². The van der Waals surface area contributed by atoms with Crippen molar-refractivity contribution in [1.82, 2.24) is 24.1 Å². The van der Waals surface area contributed by atoms with Crippen molar-refractivity contribution in [2.24, 2.45) is 10.8 Å². The Morgan fingerprint density at radius 3 is 2.55 bits per heavy atom. The molecule has 1 spiro atoms. The number of fused-ring (bicyclic) bond motifs is 1. The largest absolute Gasteiger partial charge is 0.478 e. The van der Waals surface area contributed by atoms with Gasteiger partial charge in [-0.2, -0.15) is 0 Å². The fraction of sp³-hybridized carbons (Fsp3) is 0.474. The molecule has 0 bridgehead atoms. The molecule has 6 heterocycles. The Bertz CT molecular complexity index is 2100. The highest BCUT2D eigenvalue weighted by Crippen LogP contribution is 2.46. The molecule has 3 saturated heterocycles. The fourth-order valence-electron chi connectivity index (χ4n) is 8.30. The van der Waals surface area contributed by atoms with Crippen LogP contribution in [0.3, 0.4) is 0 Å². The fourth-order valence-corrected chi connectivity index (χ4v) is 10.3. The quantitative estimate of drug-likeness (QED) is 0.203. The van der Waals surface area contributed by atoms with E-state index < -0.39 is 16.0 Å². The Balaban J connectivity index is 0.912. The van der Waals surface area contributed by atoms with Crippen LogP contribution in [0.2, 0.25) is 0 Å². The van der Waals surface area contributed by atoms with Crippen LogP contribution in [0.15, 0.2) is 59.7 Å². The smallest absolute Gasteiger partial charge is 0.339 e. The second kappa shape index (κ2) is 13.0. The van der Waals surface area contributed by atoms with E-state index in [2.05, 4.69) is 50.0 Å². The number of aromatic carboxylic acids is 1. The molecule has 13 heteroatoms. The maximum absolute atomic E-state index is 12.1. The number of aromatic nitrogens is 2. The van der Waals surface area contributed by atoms with Gasteiger partial charge in [-0.25, -0.2) is 22.5 Å². The Morgan fingerprint density at radius 1 is 1.02 bits per heavy atom. The van der Waals surface area contributed by atoms with Crippen LogP contribution in [0.4, 0.5) is 5.69 Å². The van der Waals surface area contributed by atoms with Gasteiger partial charge in [0.1, 0.15) is 22.7 Å². The number of H-pyrrole nitrogens is 1. The lowest BCUT2D eigenvalue weighted by Gasteiger charge is -2.59. The van der Waals surface area contributed by atoms with Gasteiger partial charge in [-0.1, -0.05) is 19.4 Å². The Kier molecular flexibility index (Phi) is 8.77. The molecule has 3 aromatic heterocycles. The number of thiophene rings is 1. The Morgan fingerprint density at radius 2 is 1.80 bits per heavy atom. The molecule has 4 aliphatic rings. The average molecular weight is 731 g/mol. The van der Waals surface area contributed by atoms with E-state index >= 15 is 0 Å². The summed E-state index contributed by atoms with van der Waals surface area (Å²) in [6, 6.07) is 11.5. The van der Waals surface area contributed by atoms with Gasteiger partial charge in [0.05, 0.1) is 12.5 Å². The lowest BCUT2D eigenvalue weighted by Crippen LogP contribution is -2.72. The van der Waals surface area contributed by atoms with Gasteiger partial charge in [0, 0.05) is 99.1 Å². The minimum absolute atomic E-state index is 0.121. The first-order chi connectivity index (χ1) is 24.3. The Labute approximate surface area is 303 Å². The van der Waals surface area contributed by atoms with Gasteiger partial charge in [-0.3, -0.25) is 9.80 Å². The molecule has 4 aromatic rings. The van der Waals surface area contributed by atoms with Gasteiger partial charge in [0.25, 0.3) is 0 Å². The van der Waals surface area contributed by atoms with Gasteiger partial charge in [0.2, 0.25) is 10.0 Å². The molecule has 0 atom stereocenters. The first-order valence-electron chi connectivity index (χ1n) is 17.7. The number of carbonyl (C=O) groups is 1. The third-order valence-electron chi connectivity index (χ3n) is 11.1. The molecule has 11 nitrogen and oxygen atoms in total. The first kappa shape index (κ1) is 34.3. The van der Waals surface area contributed by atoms with Crippen molar-refractivity contribution in [2.75, 3.05) is 70.1 Å². The lowest BCUT2D eigenvalue weighted by molar-refractivity contribution is -0.0844. The number of ether oxygens (including phenoxy) is 1. The Hall–Kier alpha value is -3.75. The van der Waals surface area contributed by atoms with Crippen LogP contribution in [0.5, 0.6) is 11.5 Å². The number of benzene rings is 1. The van der Waals surface area contributed by atoms with Crippen molar-refractivity contribution < 1.29 is 23.1 Å². The third kappa shape index (κ3) is 7.19. The van der Waals surface area contributed by atoms with E-state index in [1.165, 1.54) is 28.7 Å². The summed E-state index contributed by atoms with van der Waals surface area (Å²) < 4.78 is 31.4. The summed E-state index contributed by atoms with van der Waals surface area (Å²) >= 11 is 1.87. The summed E-state index contributed by atoms with van der Waals surface area (Å²) in [5.74, 6) is -0.223. The number of hydrogen-bond donors (Lipinski definition) is 2. The molecule has 270 valence electrons. The zero-order valence-corrected chi connectivity index (χ0v) is 31.2. The number of hydrogen-bond acceptors (Lipinski definition) is 9. The predicted molar refractivity (Wildman–Crippen MR) is 201 cm³/mol. The minimum Gasteiger partial charge on any atom is -0.478 e. The zero-order chi connectivity index (χ0) is 35.5. The molecule has 3 aliphatic heterocycles. The first-order valence-corrected chi connectivity index (χ1v) is 20.5. The number of anilines is 1. The molecule has 1 aromatic carbocycles. The van der Waals surface area contributed by atoms with Gasteiger partial charge < -0.3 is 19.7 Å². The van der Waals surface area contributed by atoms with Crippen LogP contribution in [0.25, 0.3) is 16.6 Å². The number of aromatic amines is 1. The summed E-state index contributed by atoms with van der Waals surface area (Å²) in [5.41, 5.74) is 6.69. The topological polar surface area (TPSA) is 122 Å². The van der Waals surface area contributed by atoms with Gasteiger partial charge in [-0.15, -0.1) is 11.3 Å². The molecule has 51 heavy (non-hydrogen) atoms. The number of carboxylic acid groups (broad SMARTS) is 1.